The Hall–Kier alpha value is -3.15. The van der Waals surface area contributed by atoms with Crippen LogP contribution in [0.25, 0.3) is 0 Å². The fourth-order valence-corrected chi connectivity index (χ4v) is 10.1. The Bertz CT molecular complexity index is 1450. The average molecular weight is 1100 g/mol. The zero-order valence-electron chi connectivity index (χ0n) is 52.6. The standard InChI is InChI=1S/C73H130O6/c1-4-7-10-13-16-19-22-25-28-30-32-33-34-35-36-37-38-39-41-42-45-48-51-54-57-60-63-66-72(75)78-69-70(68-77-71(74)65-62-59-56-53-50-47-44-27-24-21-18-15-12-9-6-3)79-73(76)67-64-61-58-55-52-49-46-43-40-31-29-26-23-20-17-14-11-8-5-2/h9,12,17-18,20-21,26-27,29,40,43-44,70H,4-8,10-11,13-16,19,22-25,28,30-39,41-42,45-69H2,1-3H3/b12-9-,20-17-,21-18-,29-26-,43-40-,44-27-. The van der Waals surface area contributed by atoms with Gasteiger partial charge in [-0.25, -0.2) is 0 Å². The maximum absolute atomic E-state index is 12.9. The number of hydrogen-bond acceptors (Lipinski definition) is 6. The molecule has 0 spiro atoms. The third kappa shape index (κ3) is 65.5. The first-order valence-corrected chi connectivity index (χ1v) is 34.4. The van der Waals surface area contributed by atoms with Gasteiger partial charge >= 0.3 is 17.9 Å². The molecule has 6 nitrogen and oxygen atoms in total. The topological polar surface area (TPSA) is 78.9 Å². The molecular weight excluding hydrogens is 973 g/mol. The fraction of sp³-hybridized carbons (Fsp3) is 0.795. The van der Waals surface area contributed by atoms with Gasteiger partial charge < -0.3 is 14.2 Å². The summed E-state index contributed by atoms with van der Waals surface area (Å²) in [4.78, 5) is 38.4. The van der Waals surface area contributed by atoms with E-state index in [1.165, 1.54) is 193 Å². The van der Waals surface area contributed by atoms with Gasteiger partial charge in [0.1, 0.15) is 13.2 Å². The second-order valence-electron chi connectivity index (χ2n) is 23.1. The molecule has 1 atom stereocenters. The SMILES string of the molecule is CC/C=C\C/C=C\C/C=C\CCCCCCCC(=O)OCC(COC(=O)CCCCCCCCCCCCCCCCCCCCCCCCCCCCC)OC(=O)CCCCCCCC/C=C\C/C=C\C/C=C\CCCCC. The smallest absolute Gasteiger partial charge is 0.306 e. The van der Waals surface area contributed by atoms with Crippen LogP contribution in [-0.4, -0.2) is 37.2 Å². The van der Waals surface area contributed by atoms with Gasteiger partial charge in [0, 0.05) is 19.3 Å². The van der Waals surface area contributed by atoms with E-state index in [2.05, 4.69) is 93.7 Å². The van der Waals surface area contributed by atoms with Gasteiger partial charge in [0.05, 0.1) is 0 Å². The number of unbranched alkanes of at least 4 members (excludes halogenated alkanes) is 40. The Balaban J connectivity index is 4.28. The lowest BCUT2D eigenvalue weighted by molar-refractivity contribution is -0.167. The summed E-state index contributed by atoms with van der Waals surface area (Å²) in [7, 11) is 0. The van der Waals surface area contributed by atoms with Gasteiger partial charge in [0.25, 0.3) is 0 Å². The van der Waals surface area contributed by atoms with E-state index in [9.17, 15) is 14.4 Å². The Morgan fingerprint density at radius 3 is 0.797 bits per heavy atom. The van der Waals surface area contributed by atoms with Crippen molar-refractivity contribution in [2.45, 2.75) is 361 Å². The summed E-state index contributed by atoms with van der Waals surface area (Å²) in [5, 5.41) is 0. The molecule has 0 rings (SSSR count). The summed E-state index contributed by atoms with van der Waals surface area (Å²) in [6.45, 7) is 6.53. The highest BCUT2D eigenvalue weighted by molar-refractivity contribution is 5.71. The van der Waals surface area contributed by atoms with Gasteiger partial charge in [0.15, 0.2) is 6.10 Å². The molecule has 0 aliphatic rings. The zero-order chi connectivity index (χ0) is 57.1. The predicted octanol–water partition coefficient (Wildman–Crippen LogP) is 23.7. The molecule has 79 heavy (non-hydrogen) atoms. The van der Waals surface area contributed by atoms with Crippen molar-refractivity contribution in [2.24, 2.45) is 0 Å². The minimum Gasteiger partial charge on any atom is -0.462 e. The van der Waals surface area contributed by atoms with Crippen LogP contribution < -0.4 is 0 Å². The second-order valence-corrected chi connectivity index (χ2v) is 23.1. The molecule has 0 saturated carbocycles. The Kier molecular flexibility index (Phi) is 64.7. The zero-order valence-corrected chi connectivity index (χ0v) is 52.6. The molecule has 0 N–H and O–H groups in total. The Morgan fingerprint density at radius 1 is 0.266 bits per heavy atom. The van der Waals surface area contributed by atoms with Crippen LogP contribution >= 0.6 is 0 Å². The second kappa shape index (κ2) is 67.4. The molecule has 458 valence electrons. The van der Waals surface area contributed by atoms with E-state index in [1.807, 2.05) is 0 Å². The molecular formula is C73H130O6. The first kappa shape index (κ1) is 75.8. The molecule has 0 aromatic heterocycles. The van der Waals surface area contributed by atoms with Crippen molar-refractivity contribution >= 4 is 17.9 Å². The third-order valence-corrected chi connectivity index (χ3v) is 15.2. The third-order valence-electron chi connectivity index (χ3n) is 15.2. The molecule has 0 fully saturated rings. The summed E-state index contributed by atoms with van der Waals surface area (Å²) in [5.41, 5.74) is 0. The number of hydrogen-bond donors (Lipinski definition) is 0. The molecule has 0 aliphatic heterocycles. The number of ether oxygens (including phenoxy) is 3. The molecule has 0 radical (unpaired) electrons. The van der Waals surface area contributed by atoms with Gasteiger partial charge in [-0.15, -0.1) is 0 Å². The maximum Gasteiger partial charge on any atom is 0.306 e. The van der Waals surface area contributed by atoms with Crippen LogP contribution in [-0.2, 0) is 28.6 Å². The Labute approximate surface area is 491 Å². The fourth-order valence-electron chi connectivity index (χ4n) is 10.1. The van der Waals surface area contributed by atoms with Gasteiger partial charge in [0.2, 0.25) is 0 Å². The van der Waals surface area contributed by atoms with E-state index in [0.29, 0.717) is 19.3 Å². The molecule has 0 heterocycles. The van der Waals surface area contributed by atoms with Crippen LogP contribution in [0.5, 0.6) is 0 Å². The van der Waals surface area contributed by atoms with Gasteiger partial charge in [-0.1, -0.05) is 318 Å². The molecule has 6 heteroatoms. The highest BCUT2D eigenvalue weighted by Crippen LogP contribution is 2.18. The lowest BCUT2D eigenvalue weighted by Crippen LogP contribution is -2.30. The lowest BCUT2D eigenvalue weighted by atomic mass is 10.0. The maximum atomic E-state index is 12.9. The van der Waals surface area contributed by atoms with E-state index in [-0.39, 0.29) is 31.1 Å². The molecule has 1 unspecified atom stereocenters. The van der Waals surface area contributed by atoms with E-state index >= 15 is 0 Å². The number of esters is 3. The summed E-state index contributed by atoms with van der Waals surface area (Å²) < 4.78 is 16.9. The van der Waals surface area contributed by atoms with Crippen LogP contribution in [0, 0.1) is 0 Å². The van der Waals surface area contributed by atoms with Crippen LogP contribution in [0.1, 0.15) is 355 Å². The summed E-state index contributed by atoms with van der Waals surface area (Å²) in [6, 6.07) is 0. The first-order chi connectivity index (χ1) is 39.0. The summed E-state index contributed by atoms with van der Waals surface area (Å²) >= 11 is 0. The minimum absolute atomic E-state index is 0.0837. The van der Waals surface area contributed by atoms with Crippen LogP contribution in [0.4, 0.5) is 0 Å². The monoisotopic (exact) mass is 1100 g/mol. The van der Waals surface area contributed by atoms with E-state index in [0.717, 1.165) is 122 Å². The number of carbonyl (C=O) groups is 3. The highest BCUT2D eigenvalue weighted by atomic mass is 16.6. The van der Waals surface area contributed by atoms with Crippen molar-refractivity contribution in [1.82, 2.24) is 0 Å². The van der Waals surface area contributed by atoms with E-state index in [1.54, 1.807) is 0 Å². The minimum atomic E-state index is -0.790. The quantitative estimate of drug-likeness (QED) is 0.0261. The van der Waals surface area contributed by atoms with Crippen molar-refractivity contribution < 1.29 is 28.6 Å². The van der Waals surface area contributed by atoms with Gasteiger partial charge in [-0.2, -0.15) is 0 Å². The first-order valence-electron chi connectivity index (χ1n) is 34.4. The van der Waals surface area contributed by atoms with E-state index < -0.39 is 6.10 Å². The highest BCUT2D eigenvalue weighted by Gasteiger charge is 2.19. The van der Waals surface area contributed by atoms with Crippen molar-refractivity contribution in [3.8, 4) is 0 Å². The predicted molar refractivity (Wildman–Crippen MR) is 344 cm³/mol. The van der Waals surface area contributed by atoms with E-state index in [4.69, 9.17) is 14.2 Å². The van der Waals surface area contributed by atoms with Crippen LogP contribution in [0.3, 0.4) is 0 Å². The number of rotatable bonds is 63. The van der Waals surface area contributed by atoms with Crippen molar-refractivity contribution in [2.75, 3.05) is 13.2 Å². The molecule has 0 bridgehead atoms. The molecule has 0 aromatic rings. The average Bonchev–Trinajstić information content (AvgIpc) is 3.45. The Morgan fingerprint density at radius 2 is 0.494 bits per heavy atom. The molecule has 0 aliphatic carbocycles. The van der Waals surface area contributed by atoms with Crippen molar-refractivity contribution in [1.29, 1.82) is 0 Å². The molecule has 0 aromatic carbocycles. The number of allylic oxidation sites excluding steroid dienone is 12. The summed E-state index contributed by atoms with van der Waals surface area (Å²) in [5.74, 6) is -0.896. The van der Waals surface area contributed by atoms with Crippen LogP contribution in [0.2, 0.25) is 0 Å². The largest absolute Gasteiger partial charge is 0.462 e. The molecule has 0 amide bonds. The van der Waals surface area contributed by atoms with Crippen LogP contribution in [0.15, 0.2) is 72.9 Å². The normalized spacial score (nSPS) is 12.5. The van der Waals surface area contributed by atoms with Gasteiger partial charge in [-0.3, -0.25) is 14.4 Å². The number of carbonyl (C=O) groups excluding carboxylic acids is 3. The van der Waals surface area contributed by atoms with Crippen molar-refractivity contribution in [3.63, 3.8) is 0 Å². The molecule has 0 saturated heterocycles. The lowest BCUT2D eigenvalue weighted by Gasteiger charge is -2.18. The van der Waals surface area contributed by atoms with Gasteiger partial charge in [-0.05, 0) is 89.9 Å². The summed E-state index contributed by atoms with van der Waals surface area (Å²) in [6.07, 6.45) is 87.9. The van der Waals surface area contributed by atoms with Crippen molar-refractivity contribution in [3.05, 3.63) is 72.9 Å².